The van der Waals surface area contributed by atoms with Crippen LogP contribution in [-0.4, -0.2) is 17.8 Å². The molecule has 0 spiro atoms. The van der Waals surface area contributed by atoms with Crippen LogP contribution in [0.25, 0.3) is 0 Å². The van der Waals surface area contributed by atoms with E-state index in [-0.39, 0.29) is 0 Å². The van der Waals surface area contributed by atoms with Crippen LogP contribution >= 0.6 is 11.6 Å². The van der Waals surface area contributed by atoms with E-state index in [1.165, 1.54) is 0 Å². The molecule has 1 rings (SSSR count). The molecule has 0 amide bonds. The van der Waals surface area contributed by atoms with E-state index in [2.05, 4.69) is 9.47 Å². The highest BCUT2D eigenvalue weighted by Crippen LogP contribution is 2.32. The van der Waals surface area contributed by atoms with Gasteiger partial charge in [0.2, 0.25) is 0 Å². The van der Waals surface area contributed by atoms with Gasteiger partial charge in [-0.3, -0.25) is 0 Å². The molecule has 9 heavy (non-hydrogen) atoms. The number of ether oxygens (including phenoxy) is 2. The van der Waals surface area contributed by atoms with Gasteiger partial charge in [-0.05, 0) is 0 Å². The minimum atomic E-state index is -3.68. The van der Waals surface area contributed by atoms with Gasteiger partial charge in [-0.25, -0.2) is 4.79 Å². The average Bonchev–Trinajstić information content (AvgIpc) is 1.79. The van der Waals surface area contributed by atoms with Crippen LogP contribution in [0.1, 0.15) is 0 Å². The van der Waals surface area contributed by atoms with E-state index in [1.807, 2.05) is 0 Å². The number of carbonyl (C=O) groups excluding carboxylic acids is 1. The maximum atomic E-state index is 11.9. The van der Waals surface area contributed by atoms with Crippen LogP contribution in [0.4, 0.5) is 13.6 Å². The van der Waals surface area contributed by atoms with E-state index < -0.39 is 17.8 Å². The number of cyclic esters (lactones) is 2. The third-order valence-corrected chi connectivity index (χ3v) is 1.03. The molecule has 3 nitrogen and oxygen atoms in total. The Bertz CT molecular complexity index is 148. The number of halogens is 3. The predicted molar refractivity (Wildman–Crippen MR) is 22.2 cm³/mol. The fraction of sp³-hybridized carbons (Fsp3) is 0.667. The molecule has 0 N–H and O–H groups in total. The summed E-state index contributed by atoms with van der Waals surface area (Å²) in [5, 5.41) is 0. The molecule has 1 atom stereocenters. The Labute approximate surface area is 53.5 Å². The third kappa shape index (κ3) is 1.05. The Balaban J connectivity index is 2.69. The lowest BCUT2D eigenvalue weighted by Crippen LogP contribution is -2.24. The number of carbonyl (C=O) groups is 1. The molecule has 0 aromatic carbocycles. The lowest BCUT2D eigenvalue weighted by atomic mass is 10.7. The van der Waals surface area contributed by atoms with E-state index in [1.54, 1.807) is 0 Å². The van der Waals surface area contributed by atoms with Crippen LogP contribution in [0.3, 0.4) is 0 Å². The quantitative estimate of drug-likeness (QED) is 0.394. The molecule has 0 aromatic rings. The summed E-state index contributed by atoms with van der Waals surface area (Å²) in [5.41, 5.74) is -2.00. The second kappa shape index (κ2) is 1.70. The zero-order chi connectivity index (χ0) is 7.07. The van der Waals surface area contributed by atoms with Crippen LogP contribution in [0.5, 0.6) is 0 Å². The minimum Gasteiger partial charge on any atom is -0.403 e. The maximum Gasteiger partial charge on any atom is 0.515 e. The van der Waals surface area contributed by atoms with E-state index in [0.717, 1.165) is 0 Å². The summed E-state index contributed by atoms with van der Waals surface area (Å²) in [4.78, 5) is 9.86. The van der Waals surface area contributed by atoms with Gasteiger partial charge < -0.3 is 9.47 Å². The van der Waals surface area contributed by atoms with Gasteiger partial charge in [-0.1, -0.05) is 11.6 Å². The molecule has 1 aliphatic heterocycles. The van der Waals surface area contributed by atoms with Crippen LogP contribution in [0.15, 0.2) is 0 Å². The Morgan fingerprint density at radius 2 is 2.22 bits per heavy atom. The molecular formula is C3HClF2O3. The third-order valence-electron chi connectivity index (χ3n) is 0.683. The topological polar surface area (TPSA) is 35.5 Å². The standard InChI is InChI=1S/C3HClF2O3/c4-1-3(5,6)9-2(7)8-1/h1H. The zero-order valence-electron chi connectivity index (χ0n) is 3.94. The SMILES string of the molecule is O=C1OC(Cl)C(F)(F)O1. The van der Waals surface area contributed by atoms with Crippen molar-refractivity contribution in [2.45, 2.75) is 11.7 Å². The van der Waals surface area contributed by atoms with Crippen LogP contribution in [-0.2, 0) is 9.47 Å². The fourth-order valence-corrected chi connectivity index (χ4v) is 0.452. The summed E-state index contributed by atoms with van der Waals surface area (Å²) in [5.74, 6) is 0. The number of alkyl halides is 3. The highest BCUT2D eigenvalue weighted by Gasteiger charge is 2.52. The predicted octanol–water partition coefficient (Wildman–Crippen LogP) is 1.31. The summed E-state index contributed by atoms with van der Waals surface area (Å²) in [6, 6.07) is 0. The average molecular weight is 158 g/mol. The molecule has 1 aliphatic rings. The molecular weight excluding hydrogens is 157 g/mol. The first-order valence-electron chi connectivity index (χ1n) is 1.94. The Hall–Kier alpha value is -0.580. The van der Waals surface area contributed by atoms with Crippen LogP contribution in [0.2, 0.25) is 0 Å². The van der Waals surface area contributed by atoms with Gasteiger partial charge >= 0.3 is 12.3 Å². The van der Waals surface area contributed by atoms with Gasteiger partial charge in [0.1, 0.15) is 0 Å². The van der Waals surface area contributed by atoms with Crippen molar-refractivity contribution in [3.63, 3.8) is 0 Å². The van der Waals surface area contributed by atoms with E-state index in [9.17, 15) is 13.6 Å². The van der Waals surface area contributed by atoms with Gasteiger partial charge in [-0.15, -0.1) is 0 Å². The molecule has 0 bridgehead atoms. The maximum absolute atomic E-state index is 11.9. The minimum absolute atomic E-state index is 1.44. The van der Waals surface area contributed by atoms with Crippen molar-refractivity contribution in [1.29, 1.82) is 0 Å². The summed E-state index contributed by atoms with van der Waals surface area (Å²) in [7, 11) is 0. The molecule has 0 radical (unpaired) electrons. The van der Waals surface area contributed by atoms with E-state index in [4.69, 9.17) is 11.6 Å². The Morgan fingerprint density at radius 1 is 1.67 bits per heavy atom. The van der Waals surface area contributed by atoms with Gasteiger partial charge in [-0.2, -0.15) is 8.78 Å². The largest absolute Gasteiger partial charge is 0.515 e. The van der Waals surface area contributed by atoms with Crippen molar-refractivity contribution < 1.29 is 23.0 Å². The summed E-state index contributed by atoms with van der Waals surface area (Å²) in [6.07, 6.45) is -5.13. The van der Waals surface area contributed by atoms with Crippen molar-refractivity contribution >= 4 is 17.8 Å². The Morgan fingerprint density at radius 3 is 2.33 bits per heavy atom. The molecule has 0 aromatic heterocycles. The normalized spacial score (nSPS) is 31.4. The molecule has 1 heterocycles. The lowest BCUT2D eigenvalue weighted by molar-refractivity contribution is -0.180. The van der Waals surface area contributed by atoms with E-state index >= 15 is 0 Å². The highest BCUT2D eigenvalue weighted by atomic mass is 35.5. The first-order chi connectivity index (χ1) is 4.02. The monoisotopic (exact) mass is 158 g/mol. The number of hydrogen-bond donors (Lipinski definition) is 0. The van der Waals surface area contributed by atoms with Crippen molar-refractivity contribution in [1.82, 2.24) is 0 Å². The van der Waals surface area contributed by atoms with Crippen LogP contribution in [0, 0.1) is 0 Å². The van der Waals surface area contributed by atoms with Gasteiger partial charge in [0, 0.05) is 0 Å². The fourth-order valence-electron chi connectivity index (χ4n) is 0.335. The van der Waals surface area contributed by atoms with Crippen LogP contribution < -0.4 is 0 Å². The van der Waals surface area contributed by atoms with Crippen molar-refractivity contribution in [3.8, 4) is 0 Å². The van der Waals surface area contributed by atoms with E-state index in [0.29, 0.717) is 0 Å². The molecule has 0 aliphatic carbocycles. The van der Waals surface area contributed by atoms with Gasteiger partial charge in [0.15, 0.2) is 0 Å². The first kappa shape index (κ1) is 6.54. The second-order valence-electron chi connectivity index (χ2n) is 1.35. The summed E-state index contributed by atoms with van der Waals surface area (Å²) in [6.45, 7) is 0. The molecule has 1 fully saturated rings. The molecule has 52 valence electrons. The molecule has 6 heteroatoms. The zero-order valence-corrected chi connectivity index (χ0v) is 4.69. The smallest absolute Gasteiger partial charge is 0.403 e. The van der Waals surface area contributed by atoms with Crippen molar-refractivity contribution in [2.75, 3.05) is 0 Å². The summed E-state index contributed by atoms with van der Waals surface area (Å²) < 4.78 is 30.8. The second-order valence-corrected chi connectivity index (χ2v) is 1.74. The van der Waals surface area contributed by atoms with Crippen molar-refractivity contribution in [2.24, 2.45) is 0 Å². The lowest BCUT2D eigenvalue weighted by Gasteiger charge is -2.04. The number of hydrogen-bond acceptors (Lipinski definition) is 3. The molecule has 1 unspecified atom stereocenters. The molecule has 1 saturated heterocycles. The highest BCUT2D eigenvalue weighted by molar-refractivity contribution is 6.21. The Kier molecular flexibility index (Phi) is 1.23. The number of rotatable bonds is 0. The van der Waals surface area contributed by atoms with Crippen molar-refractivity contribution in [3.05, 3.63) is 0 Å². The molecule has 0 saturated carbocycles. The first-order valence-corrected chi connectivity index (χ1v) is 2.37. The van der Waals surface area contributed by atoms with Gasteiger partial charge in [0.25, 0.3) is 5.56 Å². The van der Waals surface area contributed by atoms with Gasteiger partial charge in [0.05, 0.1) is 0 Å². The summed E-state index contributed by atoms with van der Waals surface area (Å²) >= 11 is 4.78.